The highest BCUT2D eigenvalue weighted by Crippen LogP contribution is 2.25. The van der Waals surface area contributed by atoms with Gasteiger partial charge in [-0.05, 0) is 18.2 Å². The van der Waals surface area contributed by atoms with E-state index in [1.807, 2.05) is 0 Å². The minimum absolute atomic E-state index is 0.189. The summed E-state index contributed by atoms with van der Waals surface area (Å²) in [6.45, 7) is 0. The molecule has 0 radical (unpaired) electrons. The third-order valence-corrected chi connectivity index (χ3v) is 2.63. The van der Waals surface area contributed by atoms with Crippen molar-refractivity contribution in [1.29, 1.82) is 10.7 Å². The number of nitrogens with zero attached hydrogens (tertiary/aromatic N) is 3. The van der Waals surface area contributed by atoms with Crippen LogP contribution in [0.5, 0.6) is 0 Å². The van der Waals surface area contributed by atoms with Crippen LogP contribution in [0.4, 0.5) is 0 Å². The number of halogens is 2. The predicted octanol–water partition coefficient (Wildman–Crippen LogP) is 2.45. The van der Waals surface area contributed by atoms with E-state index >= 15 is 0 Å². The number of rotatable bonds is 1. The fraction of sp³-hybridized carbons (Fsp3) is 0. The van der Waals surface area contributed by atoms with Crippen molar-refractivity contribution in [2.75, 3.05) is 0 Å². The molecule has 0 amide bonds. The second-order valence-corrected chi connectivity index (χ2v) is 4.31. The summed E-state index contributed by atoms with van der Waals surface area (Å²) in [4.78, 5) is 3.96. The van der Waals surface area contributed by atoms with Crippen LogP contribution in [0.15, 0.2) is 24.4 Å². The Morgan fingerprint density at radius 2 is 1.89 bits per heavy atom. The van der Waals surface area contributed by atoms with Gasteiger partial charge in [0.1, 0.15) is 6.07 Å². The highest BCUT2D eigenvalue weighted by Gasteiger charge is 2.08. The van der Waals surface area contributed by atoms with Crippen molar-refractivity contribution in [2.24, 2.45) is 0 Å². The monoisotopic (exact) mass is 280 g/mol. The first kappa shape index (κ1) is 12.4. The minimum atomic E-state index is -0.380. The van der Waals surface area contributed by atoms with Crippen LogP contribution >= 0.6 is 23.2 Å². The van der Waals surface area contributed by atoms with Crippen LogP contribution in [0.1, 0.15) is 5.69 Å². The highest BCUT2D eigenvalue weighted by molar-refractivity contribution is 6.35. The molecule has 1 heterocycles. The zero-order chi connectivity index (χ0) is 13.3. The largest absolute Gasteiger partial charge is 0.427 e. The van der Waals surface area contributed by atoms with Crippen molar-refractivity contribution in [3.63, 3.8) is 0 Å². The van der Waals surface area contributed by atoms with Crippen molar-refractivity contribution >= 4 is 23.2 Å². The van der Waals surface area contributed by atoms with Gasteiger partial charge in [-0.1, -0.05) is 23.2 Å². The normalized spacial score (nSPS) is 10.1. The lowest BCUT2D eigenvalue weighted by Gasteiger charge is -2.05. The van der Waals surface area contributed by atoms with Crippen LogP contribution in [-0.4, -0.2) is 14.9 Å². The summed E-state index contributed by atoms with van der Waals surface area (Å²) in [5, 5.41) is 26.5. The summed E-state index contributed by atoms with van der Waals surface area (Å²) in [5.41, 5.74) is 0.279. The fourth-order valence-corrected chi connectivity index (χ4v) is 1.94. The van der Waals surface area contributed by atoms with E-state index in [0.29, 0.717) is 26.0 Å². The van der Waals surface area contributed by atoms with Gasteiger partial charge >= 0.3 is 0 Å². The summed E-state index contributed by atoms with van der Waals surface area (Å²) < 4.78 is 0.524. The van der Waals surface area contributed by atoms with Gasteiger partial charge in [0, 0.05) is 15.6 Å². The summed E-state index contributed by atoms with van der Waals surface area (Å²) in [7, 11) is 0. The molecule has 5 nitrogen and oxygen atoms in total. The Kier molecular flexibility index (Phi) is 3.24. The van der Waals surface area contributed by atoms with E-state index in [1.54, 1.807) is 24.3 Å². The Morgan fingerprint density at radius 1 is 1.28 bits per heavy atom. The van der Waals surface area contributed by atoms with Crippen LogP contribution in [0, 0.1) is 16.7 Å². The number of hydrogen-bond donors (Lipinski definition) is 2. The second-order valence-electron chi connectivity index (χ2n) is 3.44. The first-order valence-corrected chi connectivity index (χ1v) is 5.51. The molecule has 7 heteroatoms. The molecule has 2 N–H and O–H groups in total. The molecule has 0 saturated carbocycles. The lowest BCUT2D eigenvalue weighted by atomic mass is 10.1. The average Bonchev–Trinajstić information content (AvgIpc) is 2.31. The molecule has 0 unspecified atom stereocenters. The number of benzene rings is 1. The lowest BCUT2D eigenvalue weighted by molar-refractivity contribution is 0.169. The molecule has 90 valence electrons. The Labute approximate surface area is 112 Å². The van der Waals surface area contributed by atoms with Gasteiger partial charge in [-0.2, -0.15) is 9.99 Å². The van der Waals surface area contributed by atoms with Crippen molar-refractivity contribution in [3.8, 4) is 17.3 Å². The van der Waals surface area contributed by atoms with E-state index in [9.17, 15) is 5.21 Å². The van der Waals surface area contributed by atoms with Gasteiger partial charge in [-0.25, -0.2) is 4.98 Å². The summed E-state index contributed by atoms with van der Waals surface area (Å²) >= 11 is 11.7. The number of aromatic nitrogens is 2. The maximum absolute atomic E-state index is 9.48. The summed E-state index contributed by atoms with van der Waals surface area (Å²) in [6.07, 6.45) is 1.21. The third-order valence-electron chi connectivity index (χ3n) is 2.19. The van der Waals surface area contributed by atoms with E-state index in [-0.39, 0.29) is 11.2 Å². The zero-order valence-corrected chi connectivity index (χ0v) is 10.4. The Morgan fingerprint density at radius 3 is 2.44 bits per heavy atom. The molecule has 1 aromatic heterocycles. The van der Waals surface area contributed by atoms with Crippen LogP contribution in [-0.2, 0) is 0 Å². The van der Waals surface area contributed by atoms with E-state index in [1.165, 1.54) is 6.20 Å². The minimum Gasteiger partial charge on any atom is -0.427 e. The Hall–Kier alpha value is -2.03. The lowest BCUT2D eigenvalue weighted by Crippen LogP contribution is -2.22. The molecule has 0 bridgehead atoms. The molecule has 2 aromatic rings. The maximum Gasteiger partial charge on any atom is 0.197 e. The molecule has 1 aromatic carbocycles. The van der Waals surface area contributed by atoms with Crippen molar-refractivity contribution in [1.82, 2.24) is 9.71 Å². The molecular formula is C11H6Cl2N4O. The number of nitriles is 1. The summed E-state index contributed by atoms with van der Waals surface area (Å²) in [6, 6.07) is 6.48. The van der Waals surface area contributed by atoms with E-state index < -0.39 is 0 Å². The van der Waals surface area contributed by atoms with Gasteiger partial charge in [0.25, 0.3) is 0 Å². The molecular weight excluding hydrogens is 275 g/mol. The molecule has 0 aliphatic heterocycles. The van der Waals surface area contributed by atoms with Crippen molar-refractivity contribution in [3.05, 3.63) is 45.6 Å². The Bertz CT molecular complexity index is 698. The number of hydrogen-bond acceptors (Lipinski definition) is 4. The fourth-order valence-electron chi connectivity index (χ4n) is 1.41. The highest BCUT2D eigenvalue weighted by atomic mass is 35.5. The molecule has 0 aliphatic carbocycles. The standard InChI is InChI=1S/C11H6Cl2N4O/c12-7-1-6(2-8(13)3-7)10-5-17(18)11(15)9(4-14)16-10/h1-3,5,15,18H. The third kappa shape index (κ3) is 2.30. The summed E-state index contributed by atoms with van der Waals surface area (Å²) in [5.74, 6) is 0. The van der Waals surface area contributed by atoms with E-state index in [2.05, 4.69) is 4.98 Å². The SMILES string of the molecule is N#Cc1nc(-c2cc(Cl)cc(Cl)c2)cn(O)c1=N. The van der Waals surface area contributed by atoms with Gasteiger partial charge in [-0.3, -0.25) is 5.41 Å². The smallest absolute Gasteiger partial charge is 0.197 e. The zero-order valence-electron chi connectivity index (χ0n) is 8.85. The van der Waals surface area contributed by atoms with Crippen LogP contribution in [0.2, 0.25) is 10.0 Å². The van der Waals surface area contributed by atoms with Gasteiger partial charge in [0.15, 0.2) is 11.2 Å². The quantitative estimate of drug-likeness (QED) is 0.787. The first-order chi connectivity index (χ1) is 8.51. The van der Waals surface area contributed by atoms with Crippen LogP contribution in [0.3, 0.4) is 0 Å². The molecule has 0 fully saturated rings. The number of nitrogens with one attached hydrogen (secondary N) is 1. The second kappa shape index (κ2) is 4.69. The van der Waals surface area contributed by atoms with E-state index in [4.69, 9.17) is 33.9 Å². The van der Waals surface area contributed by atoms with Gasteiger partial charge in [-0.15, -0.1) is 0 Å². The van der Waals surface area contributed by atoms with E-state index in [0.717, 1.165) is 0 Å². The molecule has 0 aliphatic rings. The van der Waals surface area contributed by atoms with Gasteiger partial charge in [0.2, 0.25) is 0 Å². The molecule has 0 atom stereocenters. The van der Waals surface area contributed by atoms with Gasteiger partial charge < -0.3 is 5.21 Å². The van der Waals surface area contributed by atoms with Crippen LogP contribution in [0.25, 0.3) is 11.3 Å². The maximum atomic E-state index is 9.48. The first-order valence-electron chi connectivity index (χ1n) is 4.75. The average molecular weight is 281 g/mol. The molecule has 0 spiro atoms. The van der Waals surface area contributed by atoms with Crippen LogP contribution < -0.4 is 5.49 Å². The van der Waals surface area contributed by atoms with Crippen molar-refractivity contribution < 1.29 is 5.21 Å². The molecule has 2 rings (SSSR count). The van der Waals surface area contributed by atoms with Gasteiger partial charge in [0.05, 0.1) is 11.9 Å². The topological polar surface area (TPSA) is 85.7 Å². The van der Waals surface area contributed by atoms with Crippen molar-refractivity contribution in [2.45, 2.75) is 0 Å². The Balaban J connectivity index is 2.69. The molecule has 0 saturated heterocycles. The predicted molar refractivity (Wildman–Crippen MR) is 65.4 cm³/mol. The molecule has 18 heavy (non-hydrogen) atoms.